The zero-order valence-electron chi connectivity index (χ0n) is 20.8. The van der Waals surface area contributed by atoms with Gasteiger partial charge in [0.2, 0.25) is 5.91 Å². The van der Waals surface area contributed by atoms with Gasteiger partial charge in [0.05, 0.1) is 0 Å². The Labute approximate surface area is 216 Å². The second-order valence-electron chi connectivity index (χ2n) is 9.63. The van der Waals surface area contributed by atoms with E-state index in [-0.39, 0.29) is 17.2 Å². The summed E-state index contributed by atoms with van der Waals surface area (Å²) in [5.74, 6) is 0.371. The lowest BCUT2D eigenvalue weighted by molar-refractivity contribution is -0.133. The third-order valence-electron chi connectivity index (χ3n) is 7.29. The van der Waals surface area contributed by atoms with Crippen LogP contribution in [0.3, 0.4) is 0 Å². The number of amides is 2. The SMILES string of the molecule is CCn1c(C#N)cc(C(=O)Nc2cc(Cl)cc(C=C3CCN(C(=O)CC4CCC4)CC3)c2C)cc1=O. The van der Waals surface area contributed by atoms with Crippen LogP contribution in [0.4, 0.5) is 5.69 Å². The number of aromatic nitrogens is 1. The van der Waals surface area contributed by atoms with Crippen LogP contribution in [0.25, 0.3) is 6.08 Å². The van der Waals surface area contributed by atoms with Gasteiger partial charge in [-0.05, 0) is 74.8 Å². The number of nitriles is 1. The Morgan fingerprint density at radius 1 is 1.19 bits per heavy atom. The molecule has 4 rings (SSSR count). The lowest BCUT2D eigenvalue weighted by Gasteiger charge is -2.32. The van der Waals surface area contributed by atoms with Gasteiger partial charge in [-0.1, -0.05) is 29.7 Å². The number of piperidine rings is 1. The van der Waals surface area contributed by atoms with E-state index in [2.05, 4.69) is 11.4 Å². The average molecular weight is 507 g/mol. The molecule has 36 heavy (non-hydrogen) atoms. The van der Waals surface area contributed by atoms with E-state index in [9.17, 15) is 19.6 Å². The van der Waals surface area contributed by atoms with Crippen molar-refractivity contribution in [1.82, 2.24) is 9.47 Å². The Morgan fingerprint density at radius 2 is 1.92 bits per heavy atom. The highest BCUT2D eigenvalue weighted by Gasteiger charge is 2.25. The van der Waals surface area contributed by atoms with E-state index in [1.165, 1.54) is 41.5 Å². The third kappa shape index (κ3) is 5.71. The van der Waals surface area contributed by atoms with Crippen LogP contribution < -0.4 is 10.9 Å². The van der Waals surface area contributed by atoms with E-state index >= 15 is 0 Å². The van der Waals surface area contributed by atoms with Crippen LogP contribution in [0.5, 0.6) is 0 Å². The van der Waals surface area contributed by atoms with Gasteiger partial charge in [0.15, 0.2) is 0 Å². The van der Waals surface area contributed by atoms with E-state index in [0.29, 0.717) is 29.6 Å². The van der Waals surface area contributed by atoms with Crippen LogP contribution in [-0.4, -0.2) is 34.4 Å². The van der Waals surface area contributed by atoms with Crippen LogP contribution in [0.2, 0.25) is 5.02 Å². The largest absolute Gasteiger partial charge is 0.342 e. The molecule has 0 radical (unpaired) electrons. The Balaban J connectivity index is 1.48. The number of carbonyl (C=O) groups excluding carboxylic acids is 2. The first-order valence-electron chi connectivity index (χ1n) is 12.5. The molecule has 188 valence electrons. The molecule has 2 heterocycles. The molecule has 0 atom stereocenters. The summed E-state index contributed by atoms with van der Waals surface area (Å²) in [5, 5.41) is 12.7. The fraction of sp³-hybridized carbons (Fsp3) is 0.429. The topological polar surface area (TPSA) is 95.2 Å². The number of nitrogens with one attached hydrogen (secondary N) is 1. The van der Waals surface area contributed by atoms with Crippen molar-refractivity contribution in [3.63, 3.8) is 0 Å². The maximum Gasteiger partial charge on any atom is 0.255 e. The molecule has 0 unspecified atom stereocenters. The average Bonchev–Trinajstić information content (AvgIpc) is 2.83. The van der Waals surface area contributed by atoms with Crippen molar-refractivity contribution in [3.8, 4) is 6.07 Å². The number of halogens is 1. The molecule has 8 heteroatoms. The predicted octanol–water partition coefficient (Wildman–Crippen LogP) is 5.15. The highest BCUT2D eigenvalue weighted by molar-refractivity contribution is 6.31. The summed E-state index contributed by atoms with van der Waals surface area (Å²) in [7, 11) is 0. The normalized spacial score (nSPS) is 15.7. The minimum atomic E-state index is -0.478. The number of benzene rings is 1. The van der Waals surface area contributed by atoms with Crippen LogP contribution in [0, 0.1) is 24.2 Å². The van der Waals surface area contributed by atoms with Crippen molar-refractivity contribution in [2.24, 2.45) is 5.92 Å². The Morgan fingerprint density at radius 3 is 2.53 bits per heavy atom. The summed E-state index contributed by atoms with van der Waals surface area (Å²) in [6.07, 6.45) is 8.01. The van der Waals surface area contributed by atoms with Gasteiger partial charge < -0.3 is 14.8 Å². The molecule has 1 N–H and O–H groups in total. The van der Waals surface area contributed by atoms with Gasteiger partial charge in [-0.25, -0.2) is 0 Å². The monoisotopic (exact) mass is 506 g/mol. The highest BCUT2D eigenvalue weighted by Crippen LogP contribution is 2.32. The Hall–Kier alpha value is -3.37. The quantitative estimate of drug-likeness (QED) is 0.586. The molecule has 2 amide bonds. The molecular weight excluding hydrogens is 476 g/mol. The number of hydrogen-bond donors (Lipinski definition) is 1. The maximum atomic E-state index is 12.9. The summed E-state index contributed by atoms with van der Waals surface area (Å²) in [6.45, 7) is 5.48. The van der Waals surface area contributed by atoms with E-state index in [0.717, 1.165) is 37.1 Å². The summed E-state index contributed by atoms with van der Waals surface area (Å²) in [6, 6.07) is 8.18. The molecule has 1 aliphatic heterocycles. The lowest BCUT2D eigenvalue weighted by atomic mass is 9.82. The second kappa shape index (κ2) is 11.1. The van der Waals surface area contributed by atoms with Gasteiger partial charge in [-0.2, -0.15) is 5.26 Å². The first-order valence-corrected chi connectivity index (χ1v) is 12.9. The Bertz CT molecular complexity index is 1310. The van der Waals surface area contributed by atoms with E-state index in [1.807, 2.05) is 24.0 Å². The fourth-order valence-electron chi connectivity index (χ4n) is 4.80. The zero-order valence-corrected chi connectivity index (χ0v) is 21.5. The minimum Gasteiger partial charge on any atom is -0.342 e. The van der Waals surface area contributed by atoms with Crippen molar-refractivity contribution in [1.29, 1.82) is 5.26 Å². The standard InChI is InChI=1S/C28H31ClN4O3/c1-3-33-24(17-30)14-22(15-27(33)35)28(36)31-25-16-23(29)13-21(18(25)2)11-20-7-9-32(10-8-20)26(34)12-19-5-4-6-19/h11,13-16,19H,3-10,12H2,1-2H3,(H,31,36). The van der Waals surface area contributed by atoms with Crippen molar-refractivity contribution >= 4 is 35.2 Å². The van der Waals surface area contributed by atoms with E-state index < -0.39 is 11.5 Å². The number of hydrogen-bond acceptors (Lipinski definition) is 4. The van der Waals surface area contributed by atoms with Gasteiger partial charge in [0.25, 0.3) is 11.5 Å². The molecule has 1 saturated heterocycles. The molecule has 0 spiro atoms. The van der Waals surface area contributed by atoms with Crippen molar-refractivity contribution in [2.45, 2.75) is 58.9 Å². The zero-order chi connectivity index (χ0) is 25.8. The van der Waals surface area contributed by atoms with Crippen LogP contribution in [0.15, 0.2) is 34.6 Å². The number of carbonyl (C=O) groups is 2. The minimum absolute atomic E-state index is 0.125. The number of likely N-dealkylation sites (tertiary alicyclic amines) is 1. The summed E-state index contributed by atoms with van der Waals surface area (Å²) in [5.41, 5.74) is 3.41. The van der Waals surface area contributed by atoms with Crippen LogP contribution in [-0.2, 0) is 11.3 Å². The first-order chi connectivity index (χ1) is 17.3. The third-order valence-corrected chi connectivity index (χ3v) is 7.51. The molecule has 2 fully saturated rings. The number of pyridine rings is 1. The highest BCUT2D eigenvalue weighted by atomic mass is 35.5. The van der Waals surface area contributed by atoms with Crippen molar-refractivity contribution in [3.05, 3.63) is 67.6 Å². The molecule has 1 aromatic carbocycles. The second-order valence-corrected chi connectivity index (χ2v) is 10.1. The number of nitrogens with zero attached hydrogens (tertiary/aromatic N) is 3. The van der Waals surface area contributed by atoms with Gasteiger partial charge in [-0.15, -0.1) is 0 Å². The van der Waals surface area contributed by atoms with E-state index in [4.69, 9.17) is 11.6 Å². The van der Waals surface area contributed by atoms with Crippen molar-refractivity contribution < 1.29 is 9.59 Å². The molecule has 1 aromatic heterocycles. The molecule has 2 aliphatic rings. The van der Waals surface area contributed by atoms with Gasteiger partial charge in [0.1, 0.15) is 11.8 Å². The van der Waals surface area contributed by atoms with Crippen molar-refractivity contribution in [2.75, 3.05) is 18.4 Å². The molecule has 0 bridgehead atoms. The molecule has 2 aromatic rings. The van der Waals surface area contributed by atoms with Gasteiger partial charge in [0, 0.05) is 48.4 Å². The summed E-state index contributed by atoms with van der Waals surface area (Å²) < 4.78 is 1.32. The fourth-order valence-corrected chi connectivity index (χ4v) is 5.03. The first kappa shape index (κ1) is 25.7. The molecular formula is C28H31ClN4O3. The number of rotatable bonds is 6. The summed E-state index contributed by atoms with van der Waals surface area (Å²) in [4.78, 5) is 39.8. The smallest absolute Gasteiger partial charge is 0.255 e. The lowest BCUT2D eigenvalue weighted by Crippen LogP contribution is -2.37. The molecule has 7 nitrogen and oxygen atoms in total. The maximum absolute atomic E-state index is 12.9. The van der Waals surface area contributed by atoms with Crippen LogP contribution >= 0.6 is 11.6 Å². The van der Waals surface area contributed by atoms with Gasteiger partial charge >= 0.3 is 0 Å². The summed E-state index contributed by atoms with van der Waals surface area (Å²) >= 11 is 6.38. The predicted molar refractivity (Wildman–Crippen MR) is 141 cm³/mol. The molecule has 1 aliphatic carbocycles. The molecule has 1 saturated carbocycles. The number of anilines is 1. The Kier molecular flexibility index (Phi) is 7.95. The van der Waals surface area contributed by atoms with Gasteiger partial charge in [-0.3, -0.25) is 14.4 Å². The van der Waals surface area contributed by atoms with E-state index in [1.54, 1.807) is 13.0 Å². The van der Waals surface area contributed by atoms with Crippen LogP contribution in [0.1, 0.15) is 72.6 Å².